The molecule has 0 spiro atoms. The van der Waals surface area contributed by atoms with Gasteiger partial charge in [0.2, 0.25) is 0 Å². The zero-order valence-electron chi connectivity index (χ0n) is 9.75. The second-order valence-electron chi connectivity index (χ2n) is 3.84. The van der Waals surface area contributed by atoms with E-state index in [4.69, 9.17) is 4.74 Å². The maximum Gasteiger partial charge on any atom is 0.414 e. The zero-order valence-corrected chi connectivity index (χ0v) is 10.6. The molecule has 0 aliphatic heterocycles. The fraction of sp³-hybridized carbons (Fsp3) is 0.636. The minimum atomic E-state index is -4.29. The Morgan fingerprint density at radius 3 is 2.65 bits per heavy atom. The number of halogens is 3. The maximum absolute atomic E-state index is 12.2. The quantitative estimate of drug-likeness (QED) is 0.854. The van der Waals surface area contributed by atoms with Gasteiger partial charge in [0.25, 0.3) is 0 Å². The van der Waals surface area contributed by atoms with Crippen molar-refractivity contribution < 1.29 is 17.9 Å². The molecule has 0 radical (unpaired) electrons. The summed E-state index contributed by atoms with van der Waals surface area (Å²) in [5.74, 6) is 0. The molecule has 0 saturated heterocycles. The predicted octanol–water partition coefficient (Wildman–Crippen LogP) is 3.19. The lowest BCUT2D eigenvalue weighted by Crippen LogP contribution is -2.35. The third-order valence-corrected chi connectivity index (χ3v) is 3.08. The van der Waals surface area contributed by atoms with E-state index in [-0.39, 0.29) is 0 Å². The van der Waals surface area contributed by atoms with Crippen LogP contribution in [0.4, 0.5) is 13.2 Å². The minimum absolute atomic E-state index is 0.401. The van der Waals surface area contributed by atoms with E-state index in [0.717, 1.165) is 11.8 Å². The van der Waals surface area contributed by atoms with Crippen LogP contribution in [0, 0.1) is 0 Å². The number of nitrogens with one attached hydrogen (secondary N) is 1. The van der Waals surface area contributed by atoms with Crippen LogP contribution in [-0.2, 0) is 11.3 Å². The van der Waals surface area contributed by atoms with E-state index in [9.17, 15) is 13.2 Å². The van der Waals surface area contributed by atoms with Crippen molar-refractivity contribution in [3.05, 3.63) is 22.4 Å². The Hall–Kier alpha value is -0.590. The molecule has 17 heavy (non-hydrogen) atoms. The first-order chi connectivity index (χ1) is 7.89. The molecule has 2 nitrogen and oxygen atoms in total. The van der Waals surface area contributed by atoms with Gasteiger partial charge in [0.1, 0.15) is 0 Å². The van der Waals surface area contributed by atoms with Gasteiger partial charge in [-0.25, -0.2) is 0 Å². The summed E-state index contributed by atoms with van der Waals surface area (Å²) < 4.78 is 41.5. The highest BCUT2D eigenvalue weighted by Crippen LogP contribution is 2.23. The normalized spacial score (nSPS) is 15.8. The molecular weight excluding hydrogens is 251 g/mol. The predicted molar refractivity (Wildman–Crippen MR) is 62.1 cm³/mol. The summed E-state index contributed by atoms with van der Waals surface area (Å²) in [6.07, 6.45) is -6.48. The highest BCUT2D eigenvalue weighted by atomic mass is 32.1. The Morgan fingerprint density at radius 2 is 2.12 bits per heavy atom. The molecule has 6 heteroatoms. The van der Waals surface area contributed by atoms with Gasteiger partial charge in [-0.3, -0.25) is 0 Å². The van der Waals surface area contributed by atoms with Crippen molar-refractivity contribution in [3.63, 3.8) is 0 Å². The largest absolute Gasteiger partial charge is 0.414 e. The van der Waals surface area contributed by atoms with Crippen LogP contribution < -0.4 is 5.32 Å². The Labute approximate surface area is 103 Å². The molecule has 0 saturated carbocycles. The molecule has 2 atom stereocenters. The Bertz CT molecular complexity index is 313. The lowest BCUT2D eigenvalue weighted by Gasteiger charge is -2.21. The smallest absolute Gasteiger partial charge is 0.365 e. The summed E-state index contributed by atoms with van der Waals surface area (Å²) in [5.41, 5.74) is 0. The number of ether oxygens (including phenoxy) is 1. The third-order valence-electron chi connectivity index (χ3n) is 2.21. The van der Waals surface area contributed by atoms with Crippen molar-refractivity contribution in [1.29, 1.82) is 0 Å². The van der Waals surface area contributed by atoms with Crippen LogP contribution in [0.5, 0.6) is 0 Å². The van der Waals surface area contributed by atoms with Gasteiger partial charge in [-0.1, -0.05) is 6.07 Å². The molecule has 1 heterocycles. The average molecular weight is 267 g/mol. The van der Waals surface area contributed by atoms with E-state index in [1.165, 1.54) is 0 Å². The van der Waals surface area contributed by atoms with Crippen molar-refractivity contribution in [2.24, 2.45) is 0 Å². The van der Waals surface area contributed by atoms with E-state index >= 15 is 0 Å². The van der Waals surface area contributed by atoms with Gasteiger partial charge >= 0.3 is 6.18 Å². The Kier molecular flexibility index (Phi) is 5.42. The van der Waals surface area contributed by atoms with Crippen LogP contribution >= 0.6 is 11.3 Å². The Balaban J connectivity index is 2.19. The highest BCUT2D eigenvalue weighted by Gasteiger charge is 2.37. The van der Waals surface area contributed by atoms with Gasteiger partial charge in [-0.15, -0.1) is 11.3 Å². The molecule has 98 valence electrons. The monoisotopic (exact) mass is 267 g/mol. The summed E-state index contributed by atoms with van der Waals surface area (Å²) in [6, 6.07) is 3.91. The highest BCUT2D eigenvalue weighted by molar-refractivity contribution is 7.09. The number of hydrogen-bond donors (Lipinski definition) is 1. The van der Waals surface area contributed by atoms with Gasteiger partial charge in [-0.2, -0.15) is 13.2 Å². The van der Waals surface area contributed by atoms with Crippen LogP contribution in [0.2, 0.25) is 0 Å². The summed E-state index contributed by atoms with van der Waals surface area (Å²) >= 11 is 1.61. The number of thiophene rings is 1. The van der Waals surface area contributed by atoms with E-state index in [1.807, 2.05) is 17.5 Å². The number of alkyl halides is 3. The van der Waals surface area contributed by atoms with Crippen LogP contribution in [0.1, 0.15) is 18.7 Å². The summed E-state index contributed by atoms with van der Waals surface area (Å²) in [7, 11) is 0. The van der Waals surface area contributed by atoms with Gasteiger partial charge in [0, 0.05) is 18.0 Å². The average Bonchev–Trinajstić information content (AvgIpc) is 2.69. The first-order valence-corrected chi connectivity index (χ1v) is 6.23. The molecule has 0 aliphatic carbocycles. The van der Waals surface area contributed by atoms with Gasteiger partial charge in [0.05, 0.1) is 6.10 Å². The van der Waals surface area contributed by atoms with Crippen molar-refractivity contribution in [2.75, 3.05) is 6.54 Å². The SMILES string of the molecule is CC(CNCc1cccs1)OC(C)C(F)(F)F. The van der Waals surface area contributed by atoms with Crippen LogP contribution in [0.3, 0.4) is 0 Å². The summed E-state index contributed by atoms with van der Waals surface area (Å²) in [6.45, 7) is 3.71. The topological polar surface area (TPSA) is 21.3 Å². The second-order valence-corrected chi connectivity index (χ2v) is 4.87. The minimum Gasteiger partial charge on any atom is -0.365 e. The second kappa shape index (κ2) is 6.37. The Morgan fingerprint density at radius 1 is 1.41 bits per heavy atom. The fourth-order valence-electron chi connectivity index (χ4n) is 1.29. The van der Waals surface area contributed by atoms with E-state index < -0.39 is 18.4 Å². The molecule has 0 aromatic carbocycles. The van der Waals surface area contributed by atoms with Crippen molar-refractivity contribution in [1.82, 2.24) is 5.32 Å². The molecule has 0 fully saturated rings. The van der Waals surface area contributed by atoms with Crippen molar-refractivity contribution >= 4 is 11.3 Å². The standard InChI is InChI=1S/C11H16F3NOS/c1-8(16-9(2)11(12,13)14)6-15-7-10-4-3-5-17-10/h3-5,8-9,15H,6-7H2,1-2H3. The first kappa shape index (κ1) is 14.5. The van der Waals surface area contributed by atoms with E-state index in [2.05, 4.69) is 5.32 Å². The number of rotatable bonds is 6. The molecule has 0 aliphatic rings. The maximum atomic E-state index is 12.2. The van der Waals surface area contributed by atoms with Crippen molar-refractivity contribution in [3.8, 4) is 0 Å². The molecule has 0 bridgehead atoms. The molecule has 2 unspecified atom stereocenters. The van der Waals surface area contributed by atoms with Gasteiger partial charge in [-0.05, 0) is 25.3 Å². The lowest BCUT2D eigenvalue weighted by molar-refractivity contribution is -0.224. The van der Waals surface area contributed by atoms with Gasteiger partial charge in [0.15, 0.2) is 6.10 Å². The van der Waals surface area contributed by atoms with Gasteiger partial charge < -0.3 is 10.1 Å². The van der Waals surface area contributed by atoms with Crippen LogP contribution in [-0.4, -0.2) is 24.9 Å². The third kappa shape index (κ3) is 5.52. The molecular formula is C11H16F3NOS. The molecule has 1 aromatic rings. The zero-order chi connectivity index (χ0) is 12.9. The van der Waals surface area contributed by atoms with E-state index in [0.29, 0.717) is 13.1 Å². The molecule has 1 rings (SSSR count). The molecule has 0 amide bonds. The molecule has 1 N–H and O–H groups in total. The van der Waals surface area contributed by atoms with Crippen LogP contribution in [0.15, 0.2) is 17.5 Å². The lowest BCUT2D eigenvalue weighted by atomic mass is 10.3. The number of hydrogen-bond acceptors (Lipinski definition) is 3. The summed E-state index contributed by atoms with van der Waals surface area (Å²) in [4.78, 5) is 1.15. The van der Waals surface area contributed by atoms with E-state index in [1.54, 1.807) is 18.3 Å². The summed E-state index contributed by atoms with van der Waals surface area (Å²) in [5, 5.41) is 5.02. The molecule has 1 aromatic heterocycles. The van der Waals surface area contributed by atoms with Crippen LogP contribution in [0.25, 0.3) is 0 Å². The first-order valence-electron chi connectivity index (χ1n) is 5.35. The van der Waals surface area contributed by atoms with Crippen molar-refractivity contribution in [2.45, 2.75) is 38.8 Å². The fourth-order valence-corrected chi connectivity index (χ4v) is 1.96.